The molecule has 0 atom stereocenters. The Morgan fingerprint density at radius 1 is 0.870 bits per heavy atom. The average molecular weight is 322 g/mol. The molecule has 0 aliphatic rings. The Balaban J connectivity index is 2.24. The summed E-state index contributed by atoms with van der Waals surface area (Å²) in [6.07, 6.45) is 0. The third kappa shape index (κ3) is 2.99. The minimum Gasteiger partial charge on any atom is -0.221 e. The molecule has 2 aromatic carbocycles. The first-order valence-corrected chi connectivity index (χ1v) is 11.5. The first-order chi connectivity index (χ1) is 10.9. The molecule has 0 unspecified atom stereocenters. The van der Waals surface area contributed by atoms with E-state index in [0.29, 0.717) is 0 Å². The summed E-state index contributed by atoms with van der Waals surface area (Å²) in [5.41, 5.74) is 5.79. The highest BCUT2D eigenvalue weighted by Gasteiger charge is 2.29. The average Bonchev–Trinajstić information content (AvgIpc) is 2.93. The van der Waals surface area contributed by atoms with Crippen molar-refractivity contribution in [2.45, 2.75) is 33.5 Å². The van der Waals surface area contributed by atoms with E-state index >= 15 is 0 Å². The van der Waals surface area contributed by atoms with Crippen molar-refractivity contribution in [3.05, 3.63) is 59.7 Å². The summed E-state index contributed by atoms with van der Waals surface area (Å²) in [5, 5.41) is 10.3. The van der Waals surface area contributed by atoms with E-state index in [2.05, 4.69) is 92.3 Å². The number of hydrogen-bond donors (Lipinski definition) is 0. The lowest BCUT2D eigenvalue weighted by atomic mass is 10.1. The molecule has 0 bridgehead atoms. The monoisotopic (exact) mass is 321 g/mol. The highest BCUT2D eigenvalue weighted by molar-refractivity contribution is 6.89. The molecule has 0 fully saturated rings. The van der Waals surface area contributed by atoms with Gasteiger partial charge in [-0.2, -0.15) is 0 Å². The van der Waals surface area contributed by atoms with E-state index in [4.69, 9.17) is 0 Å². The third-order valence-corrected chi connectivity index (χ3v) is 5.93. The van der Waals surface area contributed by atoms with Crippen molar-refractivity contribution in [2.24, 2.45) is 0 Å². The smallest absolute Gasteiger partial charge is 0.112 e. The minimum absolute atomic E-state index is 1.03. The predicted octanol–water partition coefficient (Wildman–Crippen LogP) is 4.10. The number of aromatic nitrogens is 3. The number of hydrogen-bond acceptors (Lipinski definition) is 2. The van der Waals surface area contributed by atoms with Crippen LogP contribution in [0.15, 0.2) is 48.5 Å². The van der Waals surface area contributed by atoms with Gasteiger partial charge in [-0.3, -0.25) is 0 Å². The first-order valence-electron chi connectivity index (χ1n) is 7.97. The quantitative estimate of drug-likeness (QED) is 0.680. The molecule has 0 amide bonds. The van der Waals surface area contributed by atoms with Gasteiger partial charge in [-0.15, -0.1) is 5.10 Å². The number of aryl methyl sites for hydroxylation is 2. The molecule has 3 nitrogen and oxygen atoms in total. The van der Waals surface area contributed by atoms with Crippen molar-refractivity contribution in [3.8, 4) is 16.9 Å². The van der Waals surface area contributed by atoms with Gasteiger partial charge in [0.25, 0.3) is 0 Å². The van der Waals surface area contributed by atoms with Gasteiger partial charge < -0.3 is 0 Å². The highest BCUT2D eigenvalue weighted by Crippen LogP contribution is 2.23. The maximum Gasteiger partial charge on any atom is 0.112 e. The van der Waals surface area contributed by atoms with Gasteiger partial charge >= 0.3 is 0 Å². The van der Waals surface area contributed by atoms with Gasteiger partial charge in [0, 0.05) is 5.56 Å². The highest BCUT2D eigenvalue weighted by atomic mass is 28.3. The van der Waals surface area contributed by atoms with Gasteiger partial charge in [0.15, 0.2) is 0 Å². The molecular weight excluding hydrogens is 298 g/mol. The van der Waals surface area contributed by atoms with Gasteiger partial charge in [-0.25, -0.2) is 4.68 Å². The summed E-state index contributed by atoms with van der Waals surface area (Å²) in [6, 6.07) is 16.9. The van der Waals surface area contributed by atoms with Crippen LogP contribution in [-0.2, 0) is 0 Å². The zero-order valence-electron chi connectivity index (χ0n) is 14.5. The largest absolute Gasteiger partial charge is 0.221 e. The van der Waals surface area contributed by atoms with Crippen LogP contribution in [0.2, 0.25) is 19.6 Å². The Morgan fingerprint density at radius 3 is 2.13 bits per heavy atom. The molecule has 0 aliphatic carbocycles. The van der Waals surface area contributed by atoms with Crippen LogP contribution in [0.4, 0.5) is 0 Å². The molecule has 0 saturated carbocycles. The molecule has 3 rings (SSSR count). The van der Waals surface area contributed by atoms with Crippen molar-refractivity contribution in [1.29, 1.82) is 0 Å². The molecular formula is C19H23N3Si. The molecule has 1 aromatic heterocycles. The topological polar surface area (TPSA) is 30.7 Å². The summed E-state index contributed by atoms with van der Waals surface area (Å²) >= 11 is 0. The van der Waals surface area contributed by atoms with Crippen LogP contribution < -0.4 is 5.32 Å². The van der Waals surface area contributed by atoms with Crippen molar-refractivity contribution in [2.75, 3.05) is 0 Å². The summed E-state index contributed by atoms with van der Waals surface area (Å²) in [6.45, 7) is 11.3. The second kappa shape index (κ2) is 5.78. The Labute approximate surface area is 139 Å². The molecule has 0 N–H and O–H groups in total. The molecule has 0 spiro atoms. The fourth-order valence-electron chi connectivity index (χ4n) is 2.84. The van der Waals surface area contributed by atoms with Crippen molar-refractivity contribution in [3.63, 3.8) is 0 Å². The first kappa shape index (κ1) is 15.7. The number of benzene rings is 2. The van der Waals surface area contributed by atoms with Crippen LogP contribution in [0.5, 0.6) is 0 Å². The molecule has 0 saturated heterocycles. The van der Waals surface area contributed by atoms with Crippen molar-refractivity contribution < 1.29 is 0 Å². The zero-order valence-corrected chi connectivity index (χ0v) is 15.5. The fraction of sp³-hybridized carbons (Fsp3) is 0.263. The molecule has 3 aromatic rings. The van der Waals surface area contributed by atoms with Gasteiger partial charge in [0.2, 0.25) is 0 Å². The van der Waals surface area contributed by atoms with Crippen molar-refractivity contribution in [1.82, 2.24) is 15.0 Å². The van der Waals surface area contributed by atoms with E-state index in [0.717, 1.165) is 11.4 Å². The van der Waals surface area contributed by atoms with Gasteiger partial charge in [-0.05, 0) is 31.5 Å². The summed E-state index contributed by atoms with van der Waals surface area (Å²) in [7, 11) is -1.63. The molecule has 0 radical (unpaired) electrons. The van der Waals surface area contributed by atoms with Gasteiger partial charge in [-0.1, -0.05) is 66.8 Å². The second-order valence-electron chi connectivity index (χ2n) is 7.10. The van der Waals surface area contributed by atoms with Crippen LogP contribution in [0.1, 0.15) is 11.1 Å². The van der Waals surface area contributed by atoms with E-state index in [-0.39, 0.29) is 0 Å². The van der Waals surface area contributed by atoms with Gasteiger partial charge in [0.05, 0.1) is 11.0 Å². The number of rotatable bonds is 3. The Bertz CT molecular complexity index is 827. The van der Waals surface area contributed by atoms with E-state index in [1.165, 1.54) is 22.0 Å². The summed E-state index contributed by atoms with van der Waals surface area (Å²) < 4.78 is 2.04. The maximum absolute atomic E-state index is 4.56. The van der Waals surface area contributed by atoms with E-state index in [1.54, 1.807) is 0 Å². The van der Waals surface area contributed by atoms with E-state index in [9.17, 15) is 0 Å². The lowest BCUT2D eigenvalue weighted by Crippen LogP contribution is -2.44. The summed E-state index contributed by atoms with van der Waals surface area (Å²) in [5.74, 6) is 0. The standard InChI is InChI=1S/C19H23N3Si/c1-14-10-12-16(13-11-14)22-19(23(3,4)5)18(20-21-22)17-9-7-6-8-15(17)2/h6-13H,1-5H3. The Kier molecular flexibility index (Phi) is 3.94. The SMILES string of the molecule is Cc1ccc(-n2nnc(-c3ccccc3C)c2[Si](C)(C)C)cc1. The van der Waals surface area contributed by atoms with Crippen LogP contribution >= 0.6 is 0 Å². The summed E-state index contributed by atoms with van der Waals surface area (Å²) in [4.78, 5) is 0. The third-order valence-electron chi connectivity index (χ3n) is 4.06. The van der Waals surface area contributed by atoms with Gasteiger partial charge in [0.1, 0.15) is 13.8 Å². The Hall–Kier alpha value is -2.20. The predicted molar refractivity (Wildman–Crippen MR) is 99.2 cm³/mol. The lowest BCUT2D eigenvalue weighted by Gasteiger charge is -2.20. The number of nitrogens with zero attached hydrogens (tertiary/aromatic N) is 3. The van der Waals surface area contributed by atoms with E-state index < -0.39 is 8.07 Å². The van der Waals surface area contributed by atoms with Crippen LogP contribution in [0, 0.1) is 13.8 Å². The van der Waals surface area contributed by atoms with Crippen LogP contribution in [0.25, 0.3) is 16.9 Å². The van der Waals surface area contributed by atoms with Crippen molar-refractivity contribution >= 4 is 13.4 Å². The van der Waals surface area contributed by atoms with Crippen LogP contribution in [0.3, 0.4) is 0 Å². The molecule has 4 heteroatoms. The lowest BCUT2D eigenvalue weighted by molar-refractivity contribution is 0.814. The second-order valence-corrected chi connectivity index (χ2v) is 12.1. The molecule has 23 heavy (non-hydrogen) atoms. The fourth-order valence-corrected chi connectivity index (χ4v) is 4.55. The molecule has 0 aliphatic heterocycles. The Morgan fingerprint density at radius 2 is 1.52 bits per heavy atom. The minimum atomic E-state index is -1.63. The maximum atomic E-state index is 4.56. The zero-order chi connectivity index (χ0) is 16.6. The molecule has 118 valence electrons. The molecule has 1 heterocycles. The normalized spacial score (nSPS) is 11.7. The van der Waals surface area contributed by atoms with Crippen LogP contribution in [-0.4, -0.2) is 23.1 Å². The van der Waals surface area contributed by atoms with E-state index in [1.807, 2.05) is 4.68 Å².